The quantitative estimate of drug-likeness (QED) is 0.468. The van der Waals surface area contributed by atoms with E-state index in [9.17, 15) is 9.59 Å². The fourth-order valence-corrected chi connectivity index (χ4v) is 3.23. The number of hydrogen-bond acceptors (Lipinski definition) is 5. The van der Waals surface area contributed by atoms with Crippen molar-refractivity contribution in [3.63, 3.8) is 0 Å². The van der Waals surface area contributed by atoms with Gasteiger partial charge in [-0.25, -0.2) is 0 Å². The molecular formula is C21H25NO4S. The zero-order valence-electron chi connectivity index (χ0n) is 15.9. The molecular weight excluding hydrogens is 362 g/mol. The highest BCUT2D eigenvalue weighted by molar-refractivity contribution is 8.00. The summed E-state index contributed by atoms with van der Waals surface area (Å²) in [5.41, 5.74) is 1.35. The molecule has 1 N–H and O–H groups in total. The normalized spacial score (nSPS) is 10.3. The Balaban J connectivity index is 1.90. The standard InChI is InChI=1S/C21H25NO4S/c1-4-5-6-21(24)22-16-8-10-17(11-9-16)27-14-18(23)15-7-12-19(25-2)20(13-15)26-3/h7-13H,4-6,14H2,1-3H3,(H,22,24). The fourth-order valence-electron chi connectivity index (χ4n) is 2.44. The molecule has 0 radical (unpaired) electrons. The third-order valence-corrected chi connectivity index (χ3v) is 4.98. The Morgan fingerprint density at radius 2 is 1.70 bits per heavy atom. The average Bonchev–Trinajstić information content (AvgIpc) is 2.70. The maximum absolute atomic E-state index is 12.4. The first-order chi connectivity index (χ1) is 13.1. The molecule has 6 heteroatoms. The summed E-state index contributed by atoms with van der Waals surface area (Å²) in [5, 5.41) is 2.88. The summed E-state index contributed by atoms with van der Waals surface area (Å²) >= 11 is 1.45. The molecule has 0 saturated carbocycles. The molecule has 2 aromatic rings. The number of Topliss-reactive ketones (excluding diaryl/α,β-unsaturated/α-hetero) is 1. The lowest BCUT2D eigenvalue weighted by Gasteiger charge is -2.09. The number of carbonyl (C=O) groups is 2. The number of thioether (sulfide) groups is 1. The van der Waals surface area contributed by atoms with Crippen molar-refractivity contribution in [2.45, 2.75) is 31.1 Å². The number of carbonyl (C=O) groups excluding carboxylic acids is 2. The zero-order chi connectivity index (χ0) is 19.6. The monoisotopic (exact) mass is 387 g/mol. The van der Waals surface area contributed by atoms with Crippen molar-refractivity contribution in [3.8, 4) is 11.5 Å². The highest BCUT2D eigenvalue weighted by Crippen LogP contribution is 2.29. The molecule has 1 amide bonds. The second kappa shape index (κ2) is 10.6. The van der Waals surface area contributed by atoms with Crippen LogP contribution in [0.15, 0.2) is 47.4 Å². The van der Waals surface area contributed by atoms with E-state index in [4.69, 9.17) is 9.47 Å². The largest absolute Gasteiger partial charge is 0.493 e. The van der Waals surface area contributed by atoms with Gasteiger partial charge in [-0.1, -0.05) is 13.3 Å². The van der Waals surface area contributed by atoms with Gasteiger partial charge >= 0.3 is 0 Å². The van der Waals surface area contributed by atoms with E-state index in [1.165, 1.54) is 11.8 Å². The molecule has 2 rings (SSSR count). The van der Waals surface area contributed by atoms with Crippen LogP contribution in [0.3, 0.4) is 0 Å². The predicted molar refractivity (Wildman–Crippen MR) is 109 cm³/mol. The maximum atomic E-state index is 12.4. The summed E-state index contributed by atoms with van der Waals surface area (Å²) in [6.45, 7) is 2.06. The minimum Gasteiger partial charge on any atom is -0.493 e. The minimum absolute atomic E-state index is 0.0119. The van der Waals surface area contributed by atoms with Gasteiger partial charge in [0.05, 0.1) is 20.0 Å². The highest BCUT2D eigenvalue weighted by Gasteiger charge is 2.11. The SMILES string of the molecule is CCCCC(=O)Nc1ccc(SCC(=O)c2ccc(OC)c(OC)c2)cc1. The Morgan fingerprint density at radius 3 is 2.33 bits per heavy atom. The van der Waals surface area contributed by atoms with Crippen molar-refractivity contribution < 1.29 is 19.1 Å². The molecule has 0 fully saturated rings. The molecule has 0 aliphatic rings. The Morgan fingerprint density at radius 1 is 1.00 bits per heavy atom. The van der Waals surface area contributed by atoms with E-state index >= 15 is 0 Å². The number of unbranched alkanes of at least 4 members (excludes halogenated alkanes) is 1. The van der Waals surface area contributed by atoms with E-state index in [0.29, 0.717) is 29.2 Å². The zero-order valence-corrected chi connectivity index (χ0v) is 16.7. The van der Waals surface area contributed by atoms with E-state index in [1.54, 1.807) is 32.4 Å². The average molecular weight is 388 g/mol. The van der Waals surface area contributed by atoms with Crippen LogP contribution in [-0.2, 0) is 4.79 Å². The number of nitrogens with one attached hydrogen (secondary N) is 1. The van der Waals surface area contributed by atoms with E-state index in [2.05, 4.69) is 12.2 Å². The number of ether oxygens (including phenoxy) is 2. The van der Waals surface area contributed by atoms with Gasteiger partial charge in [0.1, 0.15) is 0 Å². The molecule has 0 aliphatic carbocycles. The van der Waals surface area contributed by atoms with Crippen molar-refractivity contribution >= 4 is 29.1 Å². The molecule has 0 aliphatic heterocycles. The van der Waals surface area contributed by atoms with Crippen LogP contribution in [0.2, 0.25) is 0 Å². The molecule has 144 valence electrons. The Bertz CT molecular complexity index is 774. The number of methoxy groups -OCH3 is 2. The molecule has 0 atom stereocenters. The lowest BCUT2D eigenvalue weighted by molar-refractivity contribution is -0.116. The number of ketones is 1. The van der Waals surface area contributed by atoms with Crippen LogP contribution < -0.4 is 14.8 Å². The topological polar surface area (TPSA) is 64.6 Å². The third-order valence-electron chi connectivity index (χ3n) is 3.97. The molecule has 0 unspecified atom stereocenters. The van der Waals surface area contributed by atoms with Gasteiger partial charge in [0.15, 0.2) is 17.3 Å². The minimum atomic E-state index is 0.0119. The van der Waals surface area contributed by atoms with Crippen LogP contribution in [-0.4, -0.2) is 31.7 Å². The maximum Gasteiger partial charge on any atom is 0.224 e. The summed E-state index contributed by atoms with van der Waals surface area (Å²) in [4.78, 5) is 25.1. The van der Waals surface area contributed by atoms with Gasteiger partial charge in [0, 0.05) is 22.6 Å². The number of hydrogen-bond donors (Lipinski definition) is 1. The number of rotatable bonds is 10. The molecule has 5 nitrogen and oxygen atoms in total. The van der Waals surface area contributed by atoms with Crippen molar-refractivity contribution in [1.29, 1.82) is 0 Å². The number of amides is 1. The molecule has 0 aromatic heterocycles. The number of benzene rings is 2. The third kappa shape index (κ3) is 6.32. The van der Waals surface area contributed by atoms with Crippen LogP contribution in [0.4, 0.5) is 5.69 Å². The second-order valence-electron chi connectivity index (χ2n) is 5.96. The van der Waals surface area contributed by atoms with Crippen molar-refractivity contribution in [3.05, 3.63) is 48.0 Å². The van der Waals surface area contributed by atoms with E-state index in [-0.39, 0.29) is 11.7 Å². The van der Waals surface area contributed by atoms with Gasteiger partial charge in [-0.3, -0.25) is 9.59 Å². The first-order valence-electron chi connectivity index (χ1n) is 8.85. The molecule has 27 heavy (non-hydrogen) atoms. The van der Waals surface area contributed by atoms with Crippen LogP contribution in [0, 0.1) is 0 Å². The molecule has 0 bridgehead atoms. The van der Waals surface area contributed by atoms with Crippen molar-refractivity contribution in [2.75, 3.05) is 25.3 Å². The van der Waals surface area contributed by atoms with Crippen LogP contribution in [0.1, 0.15) is 36.5 Å². The molecule has 2 aromatic carbocycles. The molecule has 0 saturated heterocycles. The highest BCUT2D eigenvalue weighted by atomic mass is 32.2. The van der Waals surface area contributed by atoms with Gasteiger partial charge in [-0.05, 0) is 48.9 Å². The Hall–Kier alpha value is -2.47. The summed E-state index contributed by atoms with van der Waals surface area (Å²) < 4.78 is 10.4. The fraction of sp³-hybridized carbons (Fsp3) is 0.333. The second-order valence-corrected chi connectivity index (χ2v) is 7.01. The summed E-state index contributed by atoms with van der Waals surface area (Å²) in [6.07, 6.45) is 2.42. The van der Waals surface area contributed by atoms with Crippen LogP contribution >= 0.6 is 11.8 Å². The van der Waals surface area contributed by atoms with E-state index < -0.39 is 0 Å². The van der Waals surface area contributed by atoms with Gasteiger partial charge in [-0.15, -0.1) is 11.8 Å². The smallest absolute Gasteiger partial charge is 0.224 e. The van der Waals surface area contributed by atoms with Crippen molar-refractivity contribution in [1.82, 2.24) is 0 Å². The lowest BCUT2D eigenvalue weighted by Crippen LogP contribution is -2.10. The van der Waals surface area contributed by atoms with Crippen molar-refractivity contribution in [2.24, 2.45) is 0 Å². The molecule has 0 spiro atoms. The molecule has 0 heterocycles. The number of anilines is 1. The lowest BCUT2D eigenvalue weighted by atomic mass is 10.1. The Kier molecular flexibility index (Phi) is 8.20. The van der Waals surface area contributed by atoms with Crippen LogP contribution in [0.25, 0.3) is 0 Å². The van der Waals surface area contributed by atoms with E-state index in [1.807, 2.05) is 24.3 Å². The van der Waals surface area contributed by atoms with Gasteiger partial charge in [-0.2, -0.15) is 0 Å². The van der Waals surface area contributed by atoms with Gasteiger partial charge in [0.25, 0.3) is 0 Å². The Labute approximate surface area is 164 Å². The first-order valence-corrected chi connectivity index (χ1v) is 9.84. The van der Waals surface area contributed by atoms with Gasteiger partial charge in [0.2, 0.25) is 5.91 Å². The van der Waals surface area contributed by atoms with Gasteiger partial charge < -0.3 is 14.8 Å². The first kappa shape index (κ1) is 20.8. The van der Waals surface area contributed by atoms with Crippen LogP contribution in [0.5, 0.6) is 11.5 Å². The predicted octanol–water partition coefficient (Wildman–Crippen LogP) is 4.81. The van der Waals surface area contributed by atoms with E-state index in [0.717, 1.165) is 23.4 Å². The summed E-state index contributed by atoms with van der Waals surface area (Å²) in [7, 11) is 3.11. The summed E-state index contributed by atoms with van der Waals surface area (Å²) in [6, 6.07) is 12.7. The summed E-state index contributed by atoms with van der Waals surface area (Å²) in [5.74, 6) is 1.49.